The van der Waals surface area contributed by atoms with E-state index in [4.69, 9.17) is 31.0 Å². The van der Waals surface area contributed by atoms with Crippen molar-refractivity contribution < 1.29 is 14.3 Å². The van der Waals surface area contributed by atoms with Crippen LogP contribution in [0.1, 0.15) is 43.4 Å². The summed E-state index contributed by atoms with van der Waals surface area (Å²) in [7, 11) is 2.16. The number of carbonyl (C=O) groups is 1. The van der Waals surface area contributed by atoms with Crippen LogP contribution in [0, 0.1) is 0 Å². The van der Waals surface area contributed by atoms with Gasteiger partial charge in [-0.2, -0.15) is 9.97 Å². The molecule has 1 aromatic heterocycles. The zero-order valence-corrected chi connectivity index (χ0v) is 23.1. The maximum Gasteiger partial charge on any atom is 0.318 e. The number of likely N-dealkylation sites (tertiary alicyclic amines) is 1. The number of nitrogens with zero attached hydrogens (tertiary/aromatic N) is 5. The second-order valence-electron chi connectivity index (χ2n) is 11.5. The molecule has 3 aromatic rings. The molecule has 39 heavy (non-hydrogen) atoms. The summed E-state index contributed by atoms with van der Waals surface area (Å²) in [5.74, 6) is 0.898. The van der Waals surface area contributed by atoms with Crippen LogP contribution in [0.25, 0.3) is 10.8 Å². The molecule has 1 atom stereocenters. The fourth-order valence-electron chi connectivity index (χ4n) is 6.72. The molecule has 204 valence electrons. The van der Waals surface area contributed by atoms with Crippen molar-refractivity contribution in [2.75, 3.05) is 49.6 Å². The number of hydrogen-bond donors (Lipinski definition) is 0. The van der Waals surface area contributed by atoms with E-state index >= 15 is 0 Å². The van der Waals surface area contributed by atoms with Gasteiger partial charge in [0.1, 0.15) is 18.0 Å². The largest absolute Gasteiger partial charge is 0.462 e. The topological polar surface area (TPSA) is 71.0 Å². The number of anilines is 2. The Morgan fingerprint density at radius 1 is 1.08 bits per heavy atom. The lowest BCUT2D eigenvalue weighted by Gasteiger charge is -2.47. The SMILES string of the molecule is CN1CCC[C@@H]1COc1nc2c(c(N3CCC4(CC3)CC(=O)O4)n1)CCN(c1cccc3cccc(Cl)c13)C2. The van der Waals surface area contributed by atoms with E-state index in [9.17, 15) is 4.79 Å². The van der Waals surface area contributed by atoms with E-state index in [1.54, 1.807) is 0 Å². The van der Waals surface area contributed by atoms with Crippen molar-refractivity contribution in [2.45, 2.75) is 56.7 Å². The zero-order valence-electron chi connectivity index (χ0n) is 22.4. The average Bonchev–Trinajstić information content (AvgIpc) is 3.35. The average molecular weight is 548 g/mol. The molecule has 8 nitrogen and oxygen atoms in total. The molecule has 1 spiro atoms. The molecule has 0 amide bonds. The number of hydrogen-bond acceptors (Lipinski definition) is 8. The van der Waals surface area contributed by atoms with E-state index in [2.05, 4.69) is 46.0 Å². The normalized spacial score (nSPS) is 22.6. The van der Waals surface area contributed by atoms with Gasteiger partial charge in [0.15, 0.2) is 0 Å². The van der Waals surface area contributed by atoms with E-state index in [-0.39, 0.29) is 11.6 Å². The number of aromatic nitrogens is 2. The van der Waals surface area contributed by atoms with Crippen LogP contribution in [-0.2, 0) is 22.5 Å². The van der Waals surface area contributed by atoms with E-state index in [0.717, 1.165) is 84.9 Å². The van der Waals surface area contributed by atoms with Crippen LogP contribution in [0.15, 0.2) is 36.4 Å². The smallest absolute Gasteiger partial charge is 0.318 e. The van der Waals surface area contributed by atoms with Crippen LogP contribution in [0.5, 0.6) is 6.01 Å². The molecule has 0 aliphatic carbocycles. The van der Waals surface area contributed by atoms with Crippen LogP contribution < -0.4 is 14.5 Å². The number of halogens is 1. The summed E-state index contributed by atoms with van der Waals surface area (Å²) < 4.78 is 11.8. The van der Waals surface area contributed by atoms with E-state index in [0.29, 0.717) is 31.6 Å². The van der Waals surface area contributed by atoms with Gasteiger partial charge in [-0.05, 0) is 50.4 Å². The molecule has 4 aliphatic heterocycles. The van der Waals surface area contributed by atoms with Gasteiger partial charge in [-0.15, -0.1) is 0 Å². The maximum atomic E-state index is 11.5. The molecule has 3 saturated heterocycles. The lowest BCUT2D eigenvalue weighted by atomic mass is 9.84. The first-order valence-electron chi connectivity index (χ1n) is 14.1. The van der Waals surface area contributed by atoms with Crippen molar-refractivity contribution in [3.05, 3.63) is 52.7 Å². The maximum absolute atomic E-state index is 11.5. The lowest BCUT2D eigenvalue weighted by Crippen LogP contribution is -2.55. The van der Waals surface area contributed by atoms with Crippen LogP contribution in [0.2, 0.25) is 5.02 Å². The predicted octanol–water partition coefficient (Wildman–Crippen LogP) is 4.60. The van der Waals surface area contributed by atoms with Gasteiger partial charge >= 0.3 is 12.0 Å². The Morgan fingerprint density at radius 2 is 1.87 bits per heavy atom. The summed E-state index contributed by atoms with van der Waals surface area (Å²) in [6, 6.07) is 13.3. The number of carbonyl (C=O) groups excluding carboxylic acids is 1. The third-order valence-corrected chi connectivity index (χ3v) is 9.36. The van der Waals surface area contributed by atoms with Crippen molar-refractivity contribution in [3.63, 3.8) is 0 Å². The van der Waals surface area contributed by atoms with Gasteiger partial charge < -0.3 is 24.2 Å². The molecule has 9 heteroatoms. The van der Waals surface area contributed by atoms with E-state index < -0.39 is 0 Å². The number of ether oxygens (including phenoxy) is 2. The quantitative estimate of drug-likeness (QED) is 0.429. The standard InChI is InChI=1S/C30H34ClN5O3/c1-34-13-4-7-21(34)19-38-29-32-24-18-36(25-9-3-6-20-5-2-8-23(31)27(20)25)14-10-22(24)28(33-29)35-15-11-30(12-16-35)17-26(37)39-30/h2-3,5-6,8-9,21H,4,7,10-19H2,1H3/t21-/m1/s1. The highest BCUT2D eigenvalue weighted by Crippen LogP contribution is 2.41. The summed E-state index contributed by atoms with van der Waals surface area (Å²) in [5, 5.41) is 2.98. The van der Waals surface area contributed by atoms with Gasteiger partial charge in [0.05, 0.1) is 23.7 Å². The van der Waals surface area contributed by atoms with Gasteiger partial charge in [-0.25, -0.2) is 0 Å². The summed E-state index contributed by atoms with van der Waals surface area (Å²) in [6.45, 7) is 4.85. The van der Waals surface area contributed by atoms with Crippen molar-refractivity contribution in [1.29, 1.82) is 0 Å². The Morgan fingerprint density at radius 3 is 2.62 bits per heavy atom. The summed E-state index contributed by atoms with van der Waals surface area (Å²) in [4.78, 5) is 28.6. The van der Waals surface area contributed by atoms with Crippen molar-refractivity contribution in [3.8, 4) is 6.01 Å². The Labute approximate surface area is 233 Å². The second-order valence-corrected chi connectivity index (χ2v) is 11.9. The first-order chi connectivity index (χ1) is 19.0. The Hall–Kier alpha value is -3.10. The number of fused-ring (bicyclic) bond motifs is 2. The molecular weight excluding hydrogens is 514 g/mol. The first-order valence-corrected chi connectivity index (χ1v) is 14.5. The van der Waals surface area contributed by atoms with Crippen molar-refractivity contribution in [1.82, 2.24) is 14.9 Å². The monoisotopic (exact) mass is 547 g/mol. The van der Waals surface area contributed by atoms with E-state index in [1.807, 2.05) is 12.1 Å². The minimum Gasteiger partial charge on any atom is -0.462 e. The molecule has 0 saturated carbocycles. The molecule has 0 radical (unpaired) electrons. The molecule has 2 aromatic carbocycles. The molecule has 0 bridgehead atoms. The Bertz CT molecular complexity index is 1410. The molecule has 5 heterocycles. The van der Waals surface area contributed by atoms with E-state index in [1.165, 1.54) is 12.0 Å². The molecule has 3 fully saturated rings. The highest BCUT2D eigenvalue weighted by atomic mass is 35.5. The van der Waals surface area contributed by atoms with Gasteiger partial charge in [0, 0.05) is 55.2 Å². The van der Waals surface area contributed by atoms with Gasteiger partial charge in [-0.1, -0.05) is 35.9 Å². The van der Waals surface area contributed by atoms with Gasteiger partial charge in [0.2, 0.25) is 0 Å². The van der Waals surface area contributed by atoms with Crippen LogP contribution >= 0.6 is 11.6 Å². The molecule has 4 aliphatic rings. The van der Waals surface area contributed by atoms with Crippen LogP contribution in [-0.4, -0.2) is 72.3 Å². The molecular formula is C30H34ClN5O3. The minimum atomic E-state index is -0.266. The third-order valence-electron chi connectivity index (χ3n) is 9.04. The third kappa shape index (κ3) is 4.57. The zero-order chi connectivity index (χ0) is 26.6. The van der Waals surface area contributed by atoms with Gasteiger partial charge in [0.25, 0.3) is 0 Å². The highest BCUT2D eigenvalue weighted by Gasteiger charge is 2.48. The minimum absolute atomic E-state index is 0.0796. The lowest BCUT2D eigenvalue weighted by molar-refractivity contribution is -0.194. The number of esters is 1. The van der Waals surface area contributed by atoms with Gasteiger partial charge in [-0.3, -0.25) is 4.79 Å². The summed E-state index contributed by atoms with van der Waals surface area (Å²) >= 11 is 6.68. The molecule has 0 unspecified atom stereocenters. The second kappa shape index (κ2) is 9.82. The number of likely N-dealkylation sites (N-methyl/N-ethyl adjacent to an activating group) is 1. The Balaban J connectivity index is 1.20. The highest BCUT2D eigenvalue weighted by molar-refractivity contribution is 6.36. The molecule has 7 rings (SSSR count). The first kappa shape index (κ1) is 24.9. The van der Waals surface area contributed by atoms with Crippen LogP contribution in [0.3, 0.4) is 0 Å². The summed E-state index contributed by atoms with van der Waals surface area (Å²) in [5.41, 5.74) is 3.08. The van der Waals surface area contributed by atoms with Crippen molar-refractivity contribution in [2.24, 2.45) is 0 Å². The predicted molar refractivity (Wildman–Crippen MR) is 152 cm³/mol. The van der Waals surface area contributed by atoms with Crippen LogP contribution in [0.4, 0.5) is 11.5 Å². The number of piperidine rings is 1. The number of benzene rings is 2. The van der Waals surface area contributed by atoms with Crippen molar-refractivity contribution >= 4 is 39.8 Å². The Kier molecular flexibility index (Phi) is 6.27. The summed E-state index contributed by atoms with van der Waals surface area (Å²) in [6.07, 6.45) is 5.38. The molecule has 0 N–H and O–H groups in total. The fraction of sp³-hybridized carbons (Fsp3) is 0.500. The fourth-order valence-corrected chi connectivity index (χ4v) is 7.00. The number of rotatable bonds is 5.